The maximum absolute atomic E-state index is 11.7. The number of rotatable bonds is 5. The molecule has 1 aromatic heterocycles. The number of ether oxygens (including phenoxy) is 1. The summed E-state index contributed by atoms with van der Waals surface area (Å²) in [7, 11) is 0. The molecule has 94 valence electrons. The largest absolute Gasteiger partial charge is 0.364 e. The van der Waals surface area contributed by atoms with Crippen LogP contribution in [-0.4, -0.2) is 41.2 Å². The SMILES string of the molecule is NCC1CCC(C(=O)NCCc2cnc[nH]2)O1. The van der Waals surface area contributed by atoms with Gasteiger partial charge in [-0.05, 0) is 12.8 Å². The van der Waals surface area contributed by atoms with Gasteiger partial charge in [0.05, 0.1) is 12.4 Å². The second-order valence-electron chi connectivity index (χ2n) is 4.18. The molecule has 6 heteroatoms. The van der Waals surface area contributed by atoms with E-state index in [2.05, 4.69) is 15.3 Å². The lowest BCUT2D eigenvalue weighted by Gasteiger charge is -2.12. The molecule has 0 bridgehead atoms. The average molecular weight is 238 g/mol. The first-order chi connectivity index (χ1) is 8.29. The van der Waals surface area contributed by atoms with Crippen LogP contribution in [0.15, 0.2) is 12.5 Å². The molecule has 0 spiro atoms. The zero-order valence-electron chi connectivity index (χ0n) is 9.69. The number of amides is 1. The van der Waals surface area contributed by atoms with Gasteiger partial charge < -0.3 is 20.8 Å². The molecule has 1 amide bonds. The van der Waals surface area contributed by atoms with Crippen LogP contribution in [0.3, 0.4) is 0 Å². The Morgan fingerprint density at radius 3 is 3.18 bits per heavy atom. The maximum Gasteiger partial charge on any atom is 0.249 e. The van der Waals surface area contributed by atoms with Gasteiger partial charge in [0.1, 0.15) is 6.10 Å². The average Bonchev–Trinajstić information content (AvgIpc) is 2.99. The minimum absolute atomic E-state index is 0.0401. The minimum atomic E-state index is -0.328. The lowest BCUT2D eigenvalue weighted by molar-refractivity contribution is -0.131. The summed E-state index contributed by atoms with van der Waals surface area (Å²) in [5, 5.41) is 2.85. The third-order valence-electron chi connectivity index (χ3n) is 2.91. The van der Waals surface area contributed by atoms with Crippen LogP contribution in [0, 0.1) is 0 Å². The van der Waals surface area contributed by atoms with E-state index >= 15 is 0 Å². The van der Waals surface area contributed by atoms with E-state index in [1.807, 2.05) is 0 Å². The van der Waals surface area contributed by atoms with Gasteiger partial charge in [0, 0.05) is 31.4 Å². The van der Waals surface area contributed by atoms with Crippen molar-refractivity contribution in [2.75, 3.05) is 13.1 Å². The van der Waals surface area contributed by atoms with E-state index < -0.39 is 0 Å². The van der Waals surface area contributed by atoms with E-state index in [1.165, 1.54) is 0 Å². The molecular weight excluding hydrogens is 220 g/mol. The van der Waals surface area contributed by atoms with Crippen molar-refractivity contribution >= 4 is 5.91 Å². The van der Waals surface area contributed by atoms with Gasteiger partial charge in [0.15, 0.2) is 0 Å². The highest BCUT2D eigenvalue weighted by Gasteiger charge is 2.29. The van der Waals surface area contributed by atoms with Gasteiger partial charge in [-0.3, -0.25) is 4.79 Å². The Labute approximate surface area is 99.9 Å². The lowest BCUT2D eigenvalue weighted by atomic mass is 10.2. The summed E-state index contributed by atoms with van der Waals surface area (Å²) in [6, 6.07) is 0. The van der Waals surface area contributed by atoms with E-state index in [1.54, 1.807) is 12.5 Å². The van der Waals surface area contributed by atoms with Crippen LogP contribution in [0.2, 0.25) is 0 Å². The molecule has 1 saturated heterocycles. The molecule has 2 unspecified atom stereocenters. The number of hydrogen-bond acceptors (Lipinski definition) is 4. The highest BCUT2D eigenvalue weighted by molar-refractivity contribution is 5.81. The molecule has 0 aromatic carbocycles. The molecule has 6 nitrogen and oxygen atoms in total. The van der Waals surface area contributed by atoms with Crippen molar-refractivity contribution in [2.24, 2.45) is 5.73 Å². The Bertz CT molecular complexity index is 352. The zero-order chi connectivity index (χ0) is 12.1. The van der Waals surface area contributed by atoms with Gasteiger partial charge in [0.25, 0.3) is 0 Å². The molecule has 1 aromatic rings. The third-order valence-corrected chi connectivity index (χ3v) is 2.91. The summed E-state index contributed by atoms with van der Waals surface area (Å²) in [6.45, 7) is 1.08. The van der Waals surface area contributed by atoms with Crippen molar-refractivity contribution in [1.29, 1.82) is 0 Å². The number of hydrogen-bond donors (Lipinski definition) is 3. The van der Waals surface area contributed by atoms with Gasteiger partial charge in [-0.15, -0.1) is 0 Å². The van der Waals surface area contributed by atoms with Crippen LogP contribution in [0.5, 0.6) is 0 Å². The predicted octanol–water partition coefficient (Wildman–Crippen LogP) is -0.425. The normalized spacial score (nSPS) is 23.8. The summed E-state index contributed by atoms with van der Waals surface area (Å²) < 4.78 is 5.50. The van der Waals surface area contributed by atoms with E-state index in [-0.39, 0.29) is 18.1 Å². The summed E-state index contributed by atoms with van der Waals surface area (Å²) >= 11 is 0. The highest BCUT2D eigenvalue weighted by Crippen LogP contribution is 2.18. The molecule has 1 fully saturated rings. The van der Waals surface area contributed by atoms with Crippen molar-refractivity contribution in [1.82, 2.24) is 15.3 Å². The first-order valence-electron chi connectivity index (χ1n) is 5.90. The van der Waals surface area contributed by atoms with Crippen molar-refractivity contribution in [3.8, 4) is 0 Å². The third kappa shape index (κ3) is 3.28. The van der Waals surface area contributed by atoms with Crippen LogP contribution in [0.25, 0.3) is 0 Å². The molecule has 0 aliphatic carbocycles. The second kappa shape index (κ2) is 5.79. The number of carbonyl (C=O) groups excluding carboxylic acids is 1. The standard InChI is InChI=1S/C11H18N4O2/c12-5-9-1-2-10(17-9)11(16)14-4-3-8-6-13-7-15-8/h6-7,9-10H,1-5,12H2,(H,13,15)(H,14,16). The Kier molecular flexibility index (Phi) is 4.11. The fourth-order valence-electron chi connectivity index (χ4n) is 1.93. The fourth-order valence-corrected chi connectivity index (χ4v) is 1.93. The van der Waals surface area contributed by atoms with Gasteiger partial charge in [0.2, 0.25) is 5.91 Å². The molecule has 2 heterocycles. The molecule has 17 heavy (non-hydrogen) atoms. The first-order valence-corrected chi connectivity index (χ1v) is 5.90. The number of nitrogens with zero attached hydrogens (tertiary/aromatic N) is 1. The minimum Gasteiger partial charge on any atom is -0.364 e. The van der Waals surface area contributed by atoms with E-state index in [9.17, 15) is 4.79 Å². The molecule has 2 atom stereocenters. The Morgan fingerprint density at radius 1 is 1.65 bits per heavy atom. The second-order valence-corrected chi connectivity index (χ2v) is 4.18. The van der Waals surface area contributed by atoms with Gasteiger partial charge in [-0.25, -0.2) is 4.98 Å². The topological polar surface area (TPSA) is 93.0 Å². The van der Waals surface area contributed by atoms with Gasteiger partial charge >= 0.3 is 0 Å². The molecular formula is C11H18N4O2. The monoisotopic (exact) mass is 238 g/mol. The molecule has 1 aliphatic rings. The van der Waals surface area contributed by atoms with Crippen molar-refractivity contribution < 1.29 is 9.53 Å². The van der Waals surface area contributed by atoms with Crippen LogP contribution in [0.4, 0.5) is 0 Å². The fraction of sp³-hybridized carbons (Fsp3) is 0.636. The Morgan fingerprint density at radius 2 is 2.53 bits per heavy atom. The zero-order valence-corrected chi connectivity index (χ0v) is 9.69. The predicted molar refractivity (Wildman–Crippen MR) is 62.3 cm³/mol. The summed E-state index contributed by atoms with van der Waals surface area (Å²) in [6.07, 6.45) is 5.47. The number of nitrogens with two attached hydrogens (primary N) is 1. The van der Waals surface area contributed by atoms with Crippen LogP contribution in [0.1, 0.15) is 18.5 Å². The number of aromatic amines is 1. The molecule has 0 radical (unpaired) electrons. The van der Waals surface area contributed by atoms with Crippen LogP contribution < -0.4 is 11.1 Å². The van der Waals surface area contributed by atoms with Crippen molar-refractivity contribution in [3.63, 3.8) is 0 Å². The highest BCUT2D eigenvalue weighted by atomic mass is 16.5. The number of carbonyl (C=O) groups is 1. The van der Waals surface area contributed by atoms with E-state index in [4.69, 9.17) is 10.5 Å². The number of aromatic nitrogens is 2. The summed E-state index contributed by atoms with van der Waals surface area (Å²) in [4.78, 5) is 18.6. The smallest absolute Gasteiger partial charge is 0.249 e. The van der Waals surface area contributed by atoms with Gasteiger partial charge in [-0.1, -0.05) is 0 Å². The number of nitrogens with one attached hydrogen (secondary N) is 2. The Hall–Kier alpha value is -1.40. The van der Waals surface area contributed by atoms with E-state index in [0.717, 1.165) is 25.0 Å². The number of imidazole rings is 1. The van der Waals surface area contributed by atoms with E-state index in [0.29, 0.717) is 13.1 Å². The van der Waals surface area contributed by atoms with Crippen LogP contribution >= 0.6 is 0 Å². The van der Waals surface area contributed by atoms with Crippen molar-refractivity contribution in [3.05, 3.63) is 18.2 Å². The molecule has 2 rings (SSSR count). The quantitative estimate of drug-likeness (QED) is 0.649. The first kappa shape index (κ1) is 12.1. The van der Waals surface area contributed by atoms with Crippen molar-refractivity contribution in [2.45, 2.75) is 31.5 Å². The molecule has 4 N–H and O–H groups in total. The summed E-state index contributed by atoms with van der Waals surface area (Å²) in [5.74, 6) is -0.0412. The summed E-state index contributed by atoms with van der Waals surface area (Å²) in [5.41, 5.74) is 6.50. The lowest BCUT2D eigenvalue weighted by Crippen LogP contribution is -2.36. The molecule has 0 saturated carbocycles. The molecule has 1 aliphatic heterocycles. The Balaban J connectivity index is 1.67. The number of H-pyrrole nitrogens is 1. The van der Waals surface area contributed by atoms with Crippen LogP contribution in [-0.2, 0) is 16.0 Å². The maximum atomic E-state index is 11.7. The van der Waals surface area contributed by atoms with Gasteiger partial charge in [-0.2, -0.15) is 0 Å².